The molecule has 1 saturated heterocycles. The minimum Gasteiger partial charge on any atom is -0.497 e. The number of hydrogen-bond acceptors (Lipinski definition) is 11. The van der Waals surface area contributed by atoms with Crippen LogP contribution in [0.3, 0.4) is 0 Å². The fourth-order valence-electron chi connectivity index (χ4n) is 5.61. The van der Waals surface area contributed by atoms with E-state index >= 15 is 0 Å². The topological polar surface area (TPSA) is 121 Å². The number of carbonyl (C=O) groups is 4. The lowest BCUT2D eigenvalue weighted by Crippen LogP contribution is -2.44. The third kappa shape index (κ3) is 5.53. The van der Waals surface area contributed by atoms with E-state index in [9.17, 15) is 19.2 Å². The second-order valence-electron chi connectivity index (χ2n) is 9.93. The highest BCUT2D eigenvalue weighted by atomic mass is 32.1. The van der Waals surface area contributed by atoms with Gasteiger partial charge in [0.2, 0.25) is 5.78 Å². The van der Waals surface area contributed by atoms with Crippen molar-refractivity contribution in [2.75, 3.05) is 33.3 Å². The van der Waals surface area contributed by atoms with Gasteiger partial charge in [0.05, 0.1) is 46.1 Å². The molecule has 4 aromatic rings. The van der Waals surface area contributed by atoms with Gasteiger partial charge in [-0.05, 0) is 29.8 Å². The van der Waals surface area contributed by atoms with E-state index in [2.05, 4.69) is 0 Å². The Bertz CT molecular complexity index is 1660. The number of benzene rings is 3. The maximum Gasteiger partial charge on any atom is 0.329 e. The molecule has 1 aromatic heterocycles. The maximum atomic E-state index is 14.0. The van der Waals surface area contributed by atoms with Gasteiger partial charge in [-0.25, -0.2) is 9.78 Å². The molecule has 1 fully saturated rings. The highest BCUT2D eigenvalue weighted by Gasteiger charge is 2.61. The minimum absolute atomic E-state index is 0.241. The van der Waals surface area contributed by atoms with Gasteiger partial charge >= 0.3 is 17.9 Å². The van der Waals surface area contributed by atoms with Crippen LogP contribution in [0.4, 0.5) is 5.13 Å². The van der Waals surface area contributed by atoms with Crippen molar-refractivity contribution in [1.82, 2.24) is 4.98 Å². The number of ether oxygens (including phenoxy) is 4. The van der Waals surface area contributed by atoms with Crippen LogP contribution in [0.25, 0.3) is 11.3 Å². The zero-order valence-corrected chi connectivity index (χ0v) is 25.3. The van der Waals surface area contributed by atoms with Crippen LogP contribution in [0.2, 0.25) is 0 Å². The summed E-state index contributed by atoms with van der Waals surface area (Å²) in [6, 6.07) is 22.6. The largest absolute Gasteiger partial charge is 0.497 e. The van der Waals surface area contributed by atoms with E-state index in [1.807, 2.05) is 36.4 Å². The van der Waals surface area contributed by atoms with Crippen molar-refractivity contribution in [2.45, 2.75) is 12.1 Å². The zero-order valence-electron chi connectivity index (χ0n) is 24.5. The fourth-order valence-corrected chi connectivity index (χ4v) is 6.73. The number of carbonyl (C=O) groups excluding carboxylic acids is 4. The Hall–Kier alpha value is -5.03. The molecule has 0 unspecified atom stereocenters. The van der Waals surface area contributed by atoms with Crippen LogP contribution in [-0.2, 0) is 28.6 Å². The molecular weight excluding hydrogens is 584 g/mol. The Balaban J connectivity index is 1.76. The third-order valence-corrected chi connectivity index (χ3v) is 8.71. The van der Waals surface area contributed by atoms with Gasteiger partial charge in [0, 0.05) is 11.1 Å². The number of thiazole rings is 1. The van der Waals surface area contributed by atoms with Gasteiger partial charge < -0.3 is 23.8 Å². The number of methoxy groups -OCH3 is 4. The van der Waals surface area contributed by atoms with Crippen molar-refractivity contribution in [3.63, 3.8) is 0 Å². The summed E-state index contributed by atoms with van der Waals surface area (Å²) in [5.74, 6) is -4.42. The van der Waals surface area contributed by atoms with E-state index < -0.39 is 41.8 Å². The quantitative estimate of drug-likeness (QED) is 0.149. The Labute approximate surface area is 258 Å². The van der Waals surface area contributed by atoms with Gasteiger partial charge in [-0.2, -0.15) is 0 Å². The Morgan fingerprint density at radius 2 is 1.27 bits per heavy atom. The summed E-state index contributed by atoms with van der Waals surface area (Å²) in [4.78, 5) is 61.1. The Kier molecular flexibility index (Phi) is 9.05. The lowest BCUT2D eigenvalue weighted by Gasteiger charge is -2.30. The predicted molar refractivity (Wildman–Crippen MR) is 162 cm³/mol. The van der Waals surface area contributed by atoms with Crippen molar-refractivity contribution in [2.24, 2.45) is 11.8 Å². The molecule has 2 heterocycles. The standard InChI is InChI=1S/C33H30N2O8S/c1-40-22-17-15-21(16-18-22)28(36)29-25(19-11-7-5-8-12-19)34-33(44-29)35-26(20-13-9-6-10-14-20)23(30(37)41-2)24(31(38)42-3)27(35)32(39)43-4/h5-18,23-24,26-27H,1-4H3/t23-,24+,26-,27-/m0/s1. The summed E-state index contributed by atoms with van der Waals surface area (Å²) in [6.45, 7) is 0. The Morgan fingerprint density at radius 3 is 1.84 bits per heavy atom. The van der Waals surface area contributed by atoms with Gasteiger partial charge in [-0.3, -0.25) is 14.4 Å². The second-order valence-corrected chi connectivity index (χ2v) is 10.9. The first-order valence-corrected chi connectivity index (χ1v) is 14.5. The van der Waals surface area contributed by atoms with Gasteiger partial charge in [-0.15, -0.1) is 0 Å². The van der Waals surface area contributed by atoms with Crippen LogP contribution in [-0.4, -0.2) is 63.2 Å². The van der Waals surface area contributed by atoms with Crippen molar-refractivity contribution < 1.29 is 38.1 Å². The van der Waals surface area contributed by atoms with E-state index in [4.69, 9.17) is 23.9 Å². The first-order chi connectivity index (χ1) is 21.3. The van der Waals surface area contributed by atoms with Crippen molar-refractivity contribution in [1.29, 1.82) is 0 Å². The highest BCUT2D eigenvalue weighted by Crippen LogP contribution is 2.51. The molecule has 0 aliphatic carbocycles. The molecule has 11 heteroatoms. The average Bonchev–Trinajstić information content (AvgIpc) is 3.68. The van der Waals surface area contributed by atoms with Crippen LogP contribution < -0.4 is 9.64 Å². The monoisotopic (exact) mass is 614 g/mol. The second kappa shape index (κ2) is 13.1. The van der Waals surface area contributed by atoms with Crippen LogP contribution in [0.1, 0.15) is 26.8 Å². The molecule has 0 N–H and O–H groups in total. The predicted octanol–water partition coefficient (Wildman–Crippen LogP) is 4.73. The van der Waals surface area contributed by atoms with Crippen LogP contribution >= 0.6 is 11.3 Å². The molecular formula is C33H30N2O8S. The number of rotatable bonds is 9. The van der Waals surface area contributed by atoms with Gasteiger partial charge in [0.25, 0.3) is 0 Å². The number of hydrogen-bond donors (Lipinski definition) is 0. The van der Waals surface area contributed by atoms with E-state index in [0.29, 0.717) is 33.0 Å². The molecule has 226 valence electrons. The number of nitrogens with zero attached hydrogens (tertiary/aromatic N) is 2. The molecule has 1 aliphatic rings. The van der Waals surface area contributed by atoms with Crippen LogP contribution in [0.15, 0.2) is 84.9 Å². The normalized spacial score (nSPS) is 19.2. The van der Waals surface area contributed by atoms with Crippen molar-refractivity contribution in [3.05, 3.63) is 101 Å². The molecule has 5 rings (SSSR count). The van der Waals surface area contributed by atoms with Crippen LogP contribution in [0, 0.1) is 11.8 Å². The summed E-state index contributed by atoms with van der Waals surface area (Å²) in [5, 5.41) is 0.241. The number of aromatic nitrogens is 1. The molecule has 0 radical (unpaired) electrons. The molecule has 3 aromatic carbocycles. The van der Waals surface area contributed by atoms with E-state index in [1.54, 1.807) is 60.5 Å². The summed E-state index contributed by atoms with van der Waals surface area (Å²) < 4.78 is 20.7. The number of esters is 3. The summed E-state index contributed by atoms with van der Waals surface area (Å²) in [6.07, 6.45) is 0. The van der Waals surface area contributed by atoms with Crippen molar-refractivity contribution >= 4 is 40.2 Å². The average molecular weight is 615 g/mol. The van der Waals surface area contributed by atoms with E-state index in [0.717, 1.165) is 11.3 Å². The van der Waals surface area contributed by atoms with Gasteiger partial charge in [0.15, 0.2) is 5.13 Å². The number of anilines is 1. The minimum atomic E-state index is -1.32. The van der Waals surface area contributed by atoms with Gasteiger partial charge in [-0.1, -0.05) is 72.0 Å². The SMILES string of the molecule is COC(=O)[C@@H]1[C@H](C(=O)OC)[C@H](c2ccccc2)N(c2nc(-c3ccccc3)c(C(=O)c3ccc(OC)cc3)s2)[C@@H]1C(=O)OC. The molecule has 0 amide bonds. The number of ketones is 1. The highest BCUT2D eigenvalue weighted by molar-refractivity contribution is 7.18. The third-order valence-electron chi connectivity index (χ3n) is 7.64. The molecule has 0 bridgehead atoms. The first kappa shape index (κ1) is 30.4. The molecule has 44 heavy (non-hydrogen) atoms. The van der Waals surface area contributed by atoms with Crippen molar-refractivity contribution in [3.8, 4) is 17.0 Å². The summed E-state index contributed by atoms with van der Waals surface area (Å²) >= 11 is 1.06. The molecule has 0 saturated carbocycles. The summed E-state index contributed by atoms with van der Waals surface area (Å²) in [7, 11) is 5.15. The lowest BCUT2D eigenvalue weighted by molar-refractivity contribution is -0.159. The Morgan fingerprint density at radius 1 is 0.705 bits per heavy atom. The summed E-state index contributed by atoms with van der Waals surface area (Å²) in [5.41, 5.74) is 2.09. The van der Waals surface area contributed by atoms with E-state index in [1.165, 1.54) is 21.3 Å². The molecule has 4 atom stereocenters. The first-order valence-electron chi connectivity index (χ1n) is 13.7. The van der Waals surface area contributed by atoms with Crippen LogP contribution in [0.5, 0.6) is 5.75 Å². The molecule has 10 nitrogen and oxygen atoms in total. The molecule has 1 aliphatic heterocycles. The van der Waals surface area contributed by atoms with E-state index in [-0.39, 0.29) is 10.9 Å². The van der Waals surface area contributed by atoms with Gasteiger partial charge in [0.1, 0.15) is 22.6 Å². The maximum absolute atomic E-state index is 14.0. The molecule has 0 spiro atoms. The fraction of sp³-hybridized carbons (Fsp3) is 0.242. The lowest BCUT2D eigenvalue weighted by atomic mass is 9.84. The zero-order chi connectivity index (χ0) is 31.4. The smallest absolute Gasteiger partial charge is 0.329 e.